The number of carbonyl (C=O) groups is 1. The Morgan fingerprint density at radius 1 is 1.44 bits per heavy atom. The normalized spacial score (nSPS) is 9.94. The highest BCUT2D eigenvalue weighted by Gasteiger charge is 2.05. The fraction of sp³-hybridized carbons (Fsp3) is 0.500. The average Bonchev–Trinajstić information content (AvgIpc) is 2.15. The van der Waals surface area contributed by atoms with Crippen LogP contribution in [0.5, 0.6) is 0 Å². The predicted molar refractivity (Wildman–Crippen MR) is 61.1 cm³/mol. The van der Waals surface area contributed by atoms with Gasteiger partial charge in [0.1, 0.15) is 0 Å². The van der Waals surface area contributed by atoms with E-state index in [9.17, 15) is 4.79 Å². The molecule has 1 aromatic heterocycles. The molecule has 3 N–H and O–H groups in total. The molecule has 0 atom stereocenters. The van der Waals surface area contributed by atoms with Crippen molar-refractivity contribution < 1.29 is 4.79 Å². The number of nitrogens with two attached hydrogens (primary N) is 1. The molecule has 0 fully saturated rings. The van der Waals surface area contributed by atoms with E-state index in [2.05, 4.69) is 20.3 Å². The highest BCUT2D eigenvalue weighted by atomic mass is 35.5. The fourth-order valence-corrected chi connectivity index (χ4v) is 1.12. The molecule has 7 nitrogen and oxygen atoms in total. The molecule has 1 amide bonds. The third-order valence-corrected chi connectivity index (χ3v) is 1.92. The first kappa shape index (κ1) is 12.4. The van der Waals surface area contributed by atoms with Gasteiger partial charge >= 0.3 is 0 Å². The van der Waals surface area contributed by atoms with Gasteiger partial charge in [-0.3, -0.25) is 4.79 Å². The van der Waals surface area contributed by atoms with Gasteiger partial charge in [0.25, 0.3) is 0 Å². The van der Waals surface area contributed by atoms with Crippen LogP contribution in [0.1, 0.15) is 6.42 Å². The first-order chi connectivity index (χ1) is 7.49. The maximum absolute atomic E-state index is 11.2. The lowest BCUT2D eigenvalue weighted by molar-refractivity contribution is -0.128. The molecule has 0 aliphatic carbocycles. The maximum Gasteiger partial charge on any atom is 0.228 e. The Kier molecular flexibility index (Phi) is 4.24. The monoisotopic (exact) mass is 244 g/mol. The summed E-state index contributed by atoms with van der Waals surface area (Å²) in [6.07, 6.45) is 0.343. The SMILES string of the molecule is CN(C)C(=O)CCNc1nc(N)nc(Cl)n1. The number of nitrogens with one attached hydrogen (secondary N) is 1. The fourth-order valence-electron chi connectivity index (χ4n) is 0.949. The van der Waals surface area contributed by atoms with Gasteiger partial charge in [0, 0.05) is 27.1 Å². The number of nitrogen functional groups attached to an aromatic ring is 1. The summed E-state index contributed by atoms with van der Waals surface area (Å²) in [6.45, 7) is 0.413. The van der Waals surface area contributed by atoms with Crippen LogP contribution in [0.25, 0.3) is 0 Å². The van der Waals surface area contributed by atoms with E-state index in [1.807, 2.05) is 0 Å². The van der Waals surface area contributed by atoms with E-state index < -0.39 is 0 Å². The van der Waals surface area contributed by atoms with Gasteiger partial charge in [0.05, 0.1) is 0 Å². The molecule has 1 aromatic rings. The molecule has 0 radical (unpaired) electrons. The quantitative estimate of drug-likeness (QED) is 0.774. The van der Waals surface area contributed by atoms with Crippen LogP contribution in [0.4, 0.5) is 11.9 Å². The molecule has 0 saturated carbocycles. The third kappa shape index (κ3) is 3.85. The lowest BCUT2D eigenvalue weighted by Gasteiger charge is -2.10. The second-order valence-corrected chi connectivity index (χ2v) is 3.59. The van der Waals surface area contributed by atoms with Gasteiger partial charge in [-0.15, -0.1) is 0 Å². The zero-order valence-corrected chi connectivity index (χ0v) is 9.82. The number of amides is 1. The largest absolute Gasteiger partial charge is 0.368 e. The summed E-state index contributed by atoms with van der Waals surface area (Å²) in [5.74, 6) is 0.325. The minimum atomic E-state index is 0.0145. The van der Waals surface area contributed by atoms with Crippen molar-refractivity contribution in [2.45, 2.75) is 6.42 Å². The third-order valence-electron chi connectivity index (χ3n) is 1.75. The summed E-state index contributed by atoms with van der Waals surface area (Å²) in [4.78, 5) is 24.0. The van der Waals surface area contributed by atoms with Crippen molar-refractivity contribution in [3.8, 4) is 0 Å². The molecule has 1 heterocycles. The molecular weight excluding hydrogens is 232 g/mol. The number of rotatable bonds is 4. The smallest absolute Gasteiger partial charge is 0.228 e. The van der Waals surface area contributed by atoms with Crippen LogP contribution in [-0.4, -0.2) is 46.4 Å². The molecule has 88 valence electrons. The Morgan fingerprint density at radius 3 is 2.69 bits per heavy atom. The van der Waals surface area contributed by atoms with Gasteiger partial charge in [-0.2, -0.15) is 15.0 Å². The van der Waals surface area contributed by atoms with Gasteiger partial charge in [-0.25, -0.2) is 0 Å². The molecule has 1 rings (SSSR count). The van der Waals surface area contributed by atoms with Crippen LogP contribution >= 0.6 is 11.6 Å². The lowest BCUT2D eigenvalue weighted by Crippen LogP contribution is -2.24. The molecule has 0 saturated heterocycles. The Hall–Kier alpha value is -1.63. The highest BCUT2D eigenvalue weighted by Crippen LogP contribution is 2.06. The van der Waals surface area contributed by atoms with Gasteiger partial charge in [0.2, 0.25) is 23.1 Å². The van der Waals surface area contributed by atoms with Crippen LogP contribution in [0.3, 0.4) is 0 Å². The molecule has 0 aliphatic rings. The van der Waals surface area contributed by atoms with E-state index >= 15 is 0 Å². The van der Waals surface area contributed by atoms with Gasteiger partial charge in [-0.1, -0.05) is 0 Å². The molecule has 16 heavy (non-hydrogen) atoms. The van der Waals surface area contributed by atoms with Crippen molar-refractivity contribution >= 4 is 29.4 Å². The highest BCUT2D eigenvalue weighted by molar-refractivity contribution is 6.28. The Balaban J connectivity index is 2.46. The average molecular weight is 245 g/mol. The predicted octanol–water partition coefficient (Wildman–Crippen LogP) is -0.00260. The Bertz CT molecular complexity index is 363. The summed E-state index contributed by atoms with van der Waals surface area (Å²) in [5.41, 5.74) is 5.38. The second-order valence-electron chi connectivity index (χ2n) is 3.25. The molecule has 0 aromatic carbocycles. The number of carbonyl (C=O) groups excluding carboxylic acids is 1. The van der Waals surface area contributed by atoms with E-state index in [4.69, 9.17) is 17.3 Å². The van der Waals surface area contributed by atoms with Gasteiger partial charge < -0.3 is 16.0 Å². The summed E-state index contributed by atoms with van der Waals surface area (Å²) in [6, 6.07) is 0. The van der Waals surface area contributed by atoms with Crippen molar-refractivity contribution in [2.75, 3.05) is 31.7 Å². The zero-order chi connectivity index (χ0) is 12.1. The molecule has 0 spiro atoms. The van der Waals surface area contributed by atoms with Crippen molar-refractivity contribution in [2.24, 2.45) is 0 Å². The summed E-state index contributed by atoms with van der Waals surface area (Å²) < 4.78 is 0. The second kappa shape index (κ2) is 5.45. The number of nitrogens with zero attached hydrogens (tertiary/aromatic N) is 4. The number of halogens is 1. The van der Waals surface area contributed by atoms with Crippen molar-refractivity contribution in [1.82, 2.24) is 19.9 Å². The number of aromatic nitrogens is 3. The van der Waals surface area contributed by atoms with Crippen molar-refractivity contribution in [3.63, 3.8) is 0 Å². The topological polar surface area (TPSA) is 97.0 Å². The van der Waals surface area contributed by atoms with E-state index in [0.29, 0.717) is 13.0 Å². The van der Waals surface area contributed by atoms with Crippen LogP contribution in [0.2, 0.25) is 5.28 Å². The summed E-state index contributed by atoms with van der Waals surface area (Å²) >= 11 is 5.58. The van der Waals surface area contributed by atoms with Gasteiger partial charge in [0.15, 0.2) is 0 Å². The lowest BCUT2D eigenvalue weighted by atomic mass is 10.4. The summed E-state index contributed by atoms with van der Waals surface area (Å²) in [5, 5.41) is 2.86. The van der Waals surface area contributed by atoms with E-state index in [0.717, 1.165) is 0 Å². The van der Waals surface area contributed by atoms with Crippen molar-refractivity contribution in [1.29, 1.82) is 0 Å². The molecule has 8 heteroatoms. The first-order valence-electron chi connectivity index (χ1n) is 4.60. The van der Waals surface area contributed by atoms with E-state index in [1.54, 1.807) is 14.1 Å². The maximum atomic E-state index is 11.2. The van der Waals surface area contributed by atoms with Crippen LogP contribution in [0.15, 0.2) is 0 Å². The minimum absolute atomic E-state index is 0.0145. The Morgan fingerprint density at radius 2 is 2.12 bits per heavy atom. The van der Waals surface area contributed by atoms with E-state index in [-0.39, 0.29) is 23.1 Å². The molecule has 0 bridgehead atoms. The van der Waals surface area contributed by atoms with Crippen molar-refractivity contribution in [3.05, 3.63) is 5.28 Å². The molecular formula is C8H13ClN6O. The minimum Gasteiger partial charge on any atom is -0.368 e. The number of hydrogen-bond donors (Lipinski definition) is 2. The first-order valence-corrected chi connectivity index (χ1v) is 4.98. The van der Waals surface area contributed by atoms with Gasteiger partial charge in [-0.05, 0) is 11.6 Å². The summed E-state index contributed by atoms with van der Waals surface area (Å²) in [7, 11) is 3.39. The number of hydrogen-bond acceptors (Lipinski definition) is 6. The van der Waals surface area contributed by atoms with Crippen LogP contribution in [-0.2, 0) is 4.79 Å². The van der Waals surface area contributed by atoms with E-state index in [1.165, 1.54) is 4.90 Å². The van der Waals surface area contributed by atoms with Crippen LogP contribution in [0, 0.1) is 0 Å². The van der Waals surface area contributed by atoms with Crippen LogP contribution < -0.4 is 11.1 Å². The molecule has 0 unspecified atom stereocenters. The zero-order valence-electron chi connectivity index (χ0n) is 9.07. The Labute approximate surface area is 98.0 Å². The number of anilines is 2. The standard InChI is InChI=1S/C8H13ClN6O/c1-15(2)5(16)3-4-11-8-13-6(9)12-7(10)14-8/h3-4H2,1-2H3,(H3,10,11,12,13,14). The molecule has 0 aliphatic heterocycles.